The number of rotatable bonds is 7. The zero-order chi connectivity index (χ0) is 37.3. The van der Waals surface area contributed by atoms with Gasteiger partial charge in [-0.25, -0.2) is 24.9 Å². The predicted molar refractivity (Wildman–Crippen MR) is 228 cm³/mol. The Morgan fingerprint density at radius 2 is 0.714 bits per heavy atom. The Kier molecular flexibility index (Phi) is 8.43. The summed E-state index contributed by atoms with van der Waals surface area (Å²) in [5, 5.41) is 3.32. The smallest absolute Gasteiger partial charge is 0.179 e. The van der Waals surface area contributed by atoms with Gasteiger partial charge in [0, 0.05) is 33.2 Å². The molecule has 7 aromatic carbocycles. The van der Waals surface area contributed by atoms with Crippen LogP contribution in [0.1, 0.15) is 0 Å². The van der Waals surface area contributed by atoms with Gasteiger partial charge in [0.15, 0.2) is 11.6 Å². The predicted octanol–water partition coefficient (Wildman–Crippen LogP) is 12.6. The average molecular weight is 716 g/mol. The summed E-state index contributed by atoms with van der Waals surface area (Å²) >= 11 is 0. The number of aromatic nitrogens is 5. The van der Waals surface area contributed by atoms with Gasteiger partial charge in [-0.2, -0.15) is 0 Å². The third-order valence-corrected chi connectivity index (χ3v) is 10.1. The lowest BCUT2D eigenvalue weighted by molar-refractivity contribution is 1.16. The second-order valence-electron chi connectivity index (χ2n) is 13.7. The van der Waals surface area contributed by atoms with Crippen molar-refractivity contribution in [3.05, 3.63) is 200 Å². The van der Waals surface area contributed by atoms with Crippen LogP contribution in [0, 0.1) is 0 Å². The van der Waals surface area contributed by atoms with Crippen molar-refractivity contribution in [1.29, 1.82) is 0 Å². The Bertz CT molecular complexity index is 2940. The fourth-order valence-corrected chi connectivity index (χ4v) is 7.31. The topological polar surface area (TPSA) is 64.5 Å². The SMILES string of the molecule is c1ccc(-c2cc(-c3ccccc3)nc(-c3ccc(-c4ccc(-c5cc(-c6ccccc6)nc(-c6ccc7ccccc7n6)n5)c5ccccc45)cc3)n2)cc1. The molecule has 0 aliphatic rings. The van der Waals surface area contributed by atoms with Gasteiger partial charge in [0.1, 0.15) is 5.69 Å². The molecule has 0 saturated carbocycles. The molecule has 0 bridgehead atoms. The van der Waals surface area contributed by atoms with E-state index >= 15 is 0 Å². The van der Waals surface area contributed by atoms with Crippen molar-refractivity contribution in [1.82, 2.24) is 24.9 Å². The van der Waals surface area contributed by atoms with Gasteiger partial charge in [0.05, 0.1) is 28.3 Å². The maximum atomic E-state index is 5.17. The van der Waals surface area contributed by atoms with Crippen LogP contribution in [0.25, 0.3) is 101 Å². The molecule has 0 N–H and O–H groups in total. The molecule has 56 heavy (non-hydrogen) atoms. The number of pyridine rings is 1. The first-order valence-electron chi connectivity index (χ1n) is 18.7. The molecule has 0 saturated heterocycles. The number of hydrogen-bond acceptors (Lipinski definition) is 5. The third kappa shape index (κ3) is 6.37. The Morgan fingerprint density at radius 3 is 1.34 bits per heavy atom. The van der Waals surface area contributed by atoms with E-state index in [-0.39, 0.29) is 0 Å². The van der Waals surface area contributed by atoms with Gasteiger partial charge in [-0.1, -0.05) is 176 Å². The summed E-state index contributed by atoms with van der Waals surface area (Å²) in [5.74, 6) is 1.27. The molecule has 3 heterocycles. The molecule has 0 amide bonds. The van der Waals surface area contributed by atoms with Gasteiger partial charge < -0.3 is 0 Å². The highest BCUT2D eigenvalue weighted by molar-refractivity contribution is 6.05. The molecule has 5 heteroatoms. The first-order chi connectivity index (χ1) is 27.7. The van der Waals surface area contributed by atoms with Crippen molar-refractivity contribution < 1.29 is 0 Å². The van der Waals surface area contributed by atoms with Gasteiger partial charge in [-0.15, -0.1) is 0 Å². The van der Waals surface area contributed by atoms with Crippen LogP contribution in [0.2, 0.25) is 0 Å². The van der Waals surface area contributed by atoms with E-state index in [1.54, 1.807) is 0 Å². The molecule has 0 aliphatic carbocycles. The summed E-state index contributed by atoms with van der Waals surface area (Å²) in [4.78, 5) is 25.3. The maximum absolute atomic E-state index is 5.17. The van der Waals surface area contributed by atoms with Crippen LogP contribution in [0.3, 0.4) is 0 Å². The highest BCUT2D eigenvalue weighted by Gasteiger charge is 2.16. The van der Waals surface area contributed by atoms with E-state index in [4.69, 9.17) is 24.9 Å². The minimum atomic E-state index is 0.588. The van der Waals surface area contributed by atoms with Gasteiger partial charge in [0.25, 0.3) is 0 Å². The minimum Gasteiger partial charge on any atom is -0.244 e. The van der Waals surface area contributed by atoms with Crippen LogP contribution in [0.4, 0.5) is 0 Å². The summed E-state index contributed by atoms with van der Waals surface area (Å²) in [7, 11) is 0. The minimum absolute atomic E-state index is 0.588. The van der Waals surface area contributed by atoms with Gasteiger partial charge in [-0.05, 0) is 46.2 Å². The van der Waals surface area contributed by atoms with Gasteiger partial charge in [-0.3, -0.25) is 0 Å². The molecule has 0 fully saturated rings. The maximum Gasteiger partial charge on any atom is 0.179 e. The summed E-state index contributed by atoms with van der Waals surface area (Å²) in [6.45, 7) is 0. The van der Waals surface area contributed by atoms with E-state index in [9.17, 15) is 0 Å². The molecule has 10 rings (SSSR count). The van der Waals surface area contributed by atoms with E-state index in [0.29, 0.717) is 11.6 Å². The Morgan fingerprint density at radius 1 is 0.250 bits per heavy atom. The van der Waals surface area contributed by atoms with Crippen molar-refractivity contribution in [3.63, 3.8) is 0 Å². The van der Waals surface area contributed by atoms with E-state index in [1.807, 2.05) is 78.9 Å². The number of para-hydroxylation sites is 1. The van der Waals surface area contributed by atoms with E-state index in [1.165, 1.54) is 0 Å². The number of hydrogen-bond donors (Lipinski definition) is 0. The van der Waals surface area contributed by atoms with E-state index in [0.717, 1.165) is 89.1 Å². The van der Waals surface area contributed by atoms with Crippen LogP contribution < -0.4 is 0 Å². The van der Waals surface area contributed by atoms with Crippen LogP contribution in [-0.2, 0) is 0 Å². The van der Waals surface area contributed by atoms with Crippen molar-refractivity contribution in [2.45, 2.75) is 0 Å². The fraction of sp³-hybridized carbons (Fsp3) is 0. The van der Waals surface area contributed by atoms with Gasteiger partial charge >= 0.3 is 0 Å². The van der Waals surface area contributed by atoms with Crippen LogP contribution in [0.15, 0.2) is 200 Å². The number of fused-ring (bicyclic) bond motifs is 2. The highest BCUT2D eigenvalue weighted by Crippen LogP contribution is 2.38. The molecule has 0 radical (unpaired) electrons. The first-order valence-corrected chi connectivity index (χ1v) is 18.7. The highest BCUT2D eigenvalue weighted by atomic mass is 14.9. The lowest BCUT2D eigenvalue weighted by Crippen LogP contribution is -1.98. The summed E-state index contributed by atoms with van der Waals surface area (Å²) in [6.07, 6.45) is 0. The van der Waals surface area contributed by atoms with E-state index in [2.05, 4.69) is 121 Å². The zero-order valence-electron chi connectivity index (χ0n) is 30.3. The summed E-state index contributed by atoms with van der Waals surface area (Å²) < 4.78 is 0. The lowest BCUT2D eigenvalue weighted by atomic mass is 9.93. The normalized spacial score (nSPS) is 11.2. The molecule has 262 valence electrons. The average Bonchev–Trinajstić information content (AvgIpc) is 3.29. The summed E-state index contributed by atoms with van der Waals surface area (Å²) in [6, 6.07) is 68.7. The standard InChI is InChI=1S/C51H33N5/c1-4-14-35(15-5-1)46-32-47(36-16-6-2-7-17-36)54-50(53-46)39-26-24-34(25-27-39)40-29-30-43(42-22-12-11-21-41(40)42)49-33-48(37-18-8-3-9-19-37)55-51(56-49)45-31-28-38-20-10-13-23-44(38)52-45/h1-33H. The quantitative estimate of drug-likeness (QED) is 0.164. The molecule has 0 atom stereocenters. The monoisotopic (exact) mass is 715 g/mol. The fourth-order valence-electron chi connectivity index (χ4n) is 7.31. The van der Waals surface area contributed by atoms with Crippen molar-refractivity contribution in [2.24, 2.45) is 0 Å². The second-order valence-corrected chi connectivity index (χ2v) is 13.7. The molecular formula is C51H33N5. The molecular weight excluding hydrogens is 683 g/mol. The van der Waals surface area contributed by atoms with E-state index < -0.39 is 0 Å². The molecule has 0 spiro atoms. The van der Waals surface area contributed by atoms with Gasteiger partial charge in [0.2, 0.25) is 0 Å². The van der Waals surface area contributed by atoms with Crippen molar-refractivity contribution in [3.8, 4) is 79.1 Å². The van der Waals surface area contributed by atoms with Crippen molar-refractivity contribution in [2.75, 3.05) is 0 Å². The molecule has 3 aromatic heterocycles. The van der Waals surface area contributed by atoms with Crippen molar-refractivity contribution >= 4 is 21.7 Å². The lowest BCUT2D eigenvalue weighted by Gasteiger charge is -2.14. The largest absolute Gasteiger partial charge is 0.244 e. The Hall–Kier alpha value is -7.63. The molecule has 5 nitrogen and oxygen atoms in total. The Labute approximate surface area is 324 Å². The zero-order valence-corrected chi connectivity index (χ0v) is 30.3. The molecule has 0 aliphatic heterocycles. The number of nitrogens with zero attached hydrogens (tertiary/aromatic N) is 5. The Balaban J connectivity index is 1.06. The first kappa shape index (κ1) is 33.0. The van der Waals surface area contributed by atoms with Crippen LogP contribution in [-0.4, -0.2) is 24.9 Å². The summed E-state index contributed by atoms with van der Waals surface area (Å²) in [5.41, 5.74) is 12.5. The molecule has 0 unspecified atom stereocenters. The second kappa shape index (κ2) is 14.3. The molecule has 10 aromatic rings. The number of benzene rings is 7. The van der Waals surface area contributed by atoms with Crippen LogP contribution in [0.5, 0.6) is 0 Å². The third-order valence-electron chi connectivity index (χ3n) is 10.1. The van der Waals surface area contributed by atoms with Crippen LogP contribution >= 0.6 is 0 Å².